The van der Waals surface area contributed by atoms with E-state index in [1.165, 1.54) is 26.7 Å². The monoisotopic (exact) mass is 751 g/mol. The van der Waals surface area contributed by atoms with E-state index < -0.39 is 8.07 Å². The largest absolute Gasteiger partial charge is 0.512 e. The molecule has 5 nitrogen and oxygen atoms in total. The summed E-state index contributed by atoms with van der Waals surface area (Å²) >= 11 is 1.81. The molecule has 215 valence electrons. The Morgan fingerprint density at radius 1 is 1.05 bits per heavy atom. The van der Waals surface area contributed by atoms with Gasteiger partial charge in [-0.1, -0.05) is 76.5 Å². The molecule has 1 radical (unpaired) electrons. The van der Waals surface area contributed by atoms with Crippen molar-refractivity contribution < 1.29 is 30.0 Å². The molecule has 2 aromatic carbocycles. The van der Waals surface area contributed by atoms with Gasteiger partial charge in [-0.15, -0.1) is 35.3 Å². The second kappa shape index (κ2) is 13.6. The fourth-order valence-electron chi connectivity index (χ4n) is 5.01. The van der Waals surface area contributed by atoms with Crippen molar-refractivity contribution in [3.63, 3.8) is 0 Å². The van der Waals surface area contributed by atoms with Gasteiger partial charge in [0.2, 0.25) is 0 Å². The zero-order valence-electron chi connectivity index (χ0n) is 24.5. The van der Waals surface area contributed by atoms with Crippen LogP contribution in [0, 0.1) is 17.9 Å². The van der Waals surface area contributed by atoms with Crippen LogP contribution in [-0.2, 0) is 24.9 Å². The maximum Gasteiger partial charge on any atom is 0.162 e. The third-order valence-electron chi connectivity index (χ3n) is 7.47. The second-order valence-corrected chi connectivity index (χ2v) is 17.2. The minimum atomic E-state index is -1.54. The normalized spacial score (nSPS) is 12.8. The van der Waals surface area contributed by atoms with Gasteiger partial charge in [-0.3, -0.25) is 9.78 Å². The smallest absolute Gasteiger partial charge is 0.162 e. The van der Waals surface area contributed by atoms with Gasteiger partial charge in [-0.2, -0.15) is 0 Å². The molecule has 0 atom stereocenters. The van der Waals surface area contributed by atoms with Crippen LogP contribution in [0.3, 0.4) is 0 Å². The van der Waals surface area contributed by atoms with Crippen molar-refractivity contribution in [3.8, 4) is 11.4 Å². The van der Waals surface area contributed by atoms with Crippen molar-refractivity contribution in [1.29, 1.82) is 0 Å². The first-order valence-corrected chi connectivity index (χ1v) is 18.4. The number of fused-ring (bicyclic) bond motifs is 3. The molecular weight excluding hydrogens is 711 g/mol. The first-order valence-electron chi connectivity index (χ1n) is 14.1. The van der Waals surface area contributed by atoms with Gasteiger partial charge in [-0.25, -0.2) is 4.98 Å². The van der Waals surface area contributed by atoms with E-state index in [0.29, 0.717) is 0 Å². The summed E-state index contributed by atoms with van der Waals surface area (Å²) in [6.07, 6.45) is 6.77. The molecule has 0 saturated carbocycles. The molecule has 3 heterocycles. The first-order chi connectivity index (χ1) is 18.6. The first kappa shape index (κ1) is 32.3. The molecular formula is C32H40IrN3O2SSi-. The van der Waals surface area contributed by atoms with E-state index in [0.717, 1.165) is 48.1 Å². The maximum absolute atomic E-state index is 11.7. The van der Waals surface area contributed by atoms with E-state index in [4.69, 9.17) is 4.98 Å². The fraction of sp³-hybridized carbons (Fsp3) is 0.406. The SMILES string of the molecule is CCC(CC)C(=O)/C=C(\O)C(CC)CC.C[Si](C)(C)c1nc2ccnc3n2c1Sc1cc2ccccc2[c-]c1-3.[Ir]. The van der Waals surface area contributed by atoms with Gasteiger partial charge >= 0.3 is 0 Å². The Hall–Kier alpha value is -2.25. The predicted octanol–water partition coefficient (Wildman–Crippen LogP) is 8.23. The number of hydrogen-bond donors (Lipinski definition) is 1. The number of hydrogen-bond acceptors (Lipinski definition) is 5. The summed E-state index contributed by atoms with van der Waals surface area (Å²) in [7, 11) is -1.54. The summed E-state index contributed by atoms with van der Waals surface area (Å²) in [5.74, 6) is 1.50. The van der Waals surface area contributed by atoms with E-state index >= 15 is 0 Å². The third-order valence-corrected chi connectivity index (χ3v) is 10.5. The standard InChI is InChI=1S/C19H16N3SSi.C13H24O2.Ir/c1-24(2,3)18-19-22-16(21-18)8-9-20-17(22)14-10-12-6-4-5-7-13(12)11-15(14)23-19;1-5-10(6-2)12(14)9-13(15)11(7-3)8-4;/h4-9,11H,1-3H3;9-11,14H,5-8H2,1-4H3;/q-1;;/b;12-9-;. The summed E-state index contributed by atoms with van der Waals surface area (Å²) < 4.78 is 2.21. The molecule has 2 aromatic heterocycles. The number of aliphatic hydroxyl groups excluding tert-OH is 1. The van der Waals surface area contributed by atoms with Gasteiger partial charge in [-0.05, 0) is 36.6 Å². The van der Waals surface area contributed by atoms with Crippen molar-refractivity contribution in [2.45, 2.75) is 82.9 Å². The van der Waals surface area contributed by atoms with Crippen molar-refractivity contribution >= 4 is 47.4 Å². The van der Waals surface area contributed by atoms with Gasteiger partial charge in [0.25, 0.3) is 0 Å². The molecule has 0 fully saturated rings. The molecule has 0 amide bonds. The topological polar surface area (TPSA) is 67.5 Å². The van der Waals surface area contributed by atoms with Crippen molar-refractivity contribution in [2.24, 2.45) is 11.8 Å². The molecule has 1 aliphatic heterocycles. The number of ketones is 1. The molecule has 0 bridgehead atoms. The van der Waals surface area contributed by atoms with Gasteiger partial charge in [0.15, 0.2) is 5.78 Å². The Bertz CT molecular complexity index is 1520. The molecule has 40 heavy (non-hydrogen) atoms. The van der Waals surface area contributed by atoms with E-state index in [2.05, 4.69) is 65.4 Å². The minimum Gasteiger partial charge on any atom is -0.512 e. The van der Waals surface area contributed by atoms with Gasteiger partial charge < -0.3 is 9.51 Å². The predicted molar refractivity (Wildman–Crippen MR) is 166 cm³/mol. The number of aliphatic hydroxyl groups is 1. The second-order valence-electron chi connectivity index (χ2n) is 11.2. The van der Waals surface area contributed by atoms with E-state index in [1.54, 1.807) is 0 Å². The molecule has 0 saturated heterocycles. The number of benzene rings is 2. The quantitative estimate of drug-likeness (QED) is 0.0750. The summed E-state index contributed by atoms with van der Waals surface area (Å²) in [5, 5.41) is 14.6. The summed E-state index contributed by atoms with van der Waals surface area (Å²) in [5.41, 5.74) is 2.07. The zero-order chi connectivity index (χ0) is 28.3. The number of carbonyl (C=O) groups is 1. The molecule has 0 spiro atoms. The number of aromatic nitrogens is 3. The molecule has 5 rings (SSSR count). The molecule has 0 unspecified atom stereocenters. The molecule has 1 aliphatic rings. The Morgan fingerprint density at radius 3 is 2.33 bits per heavy atom. The van der Waals surface area contributed by atoms with Crippen LogP contribution in [0.25, 0.3) is 27.8 Å². The van der Waals surface area contributed by atoms with Gasteiger partial charge in [0, 0.05) is 44.2 Å². The Kier molecular flexibility index (Phi) is 11.0. The Morgan fingerprint density at radius 2 is 1.70 bits per heavy atom. The summed E-state index contributed by atoms with van der Waals surface area (Å²) in [6, 6.07) is 16.2. The summed E-state index contributed by atoms with van der Waals surface area (Å²) in [4.78, 5) is 22.6. The van der Waals surface area contributed by atoms with Crippen LogP contribution in [0.2, 0.25) is 19.6 Å². The average Bonchev–Trinajstić information content (AvgIpc) is 3.30. The zero-order valence-corrected chi connectivity index (χ0v) is 28.8. The van der Waals surface area contributed by atoms with Crippen LogP contribution in [0.4, 0.5) is 0 Å². The molecule has 0 aliphatic carbocycles. The maximum atomic E-state index is 11.7. The van der Waals surface area contributed by atoms with Crippen LogP contribution in [0.1, 0.15) is 53.4 Å². The average molecular weight is 751 g/mol. The Balaban J connectivity index is 0.000000243. The van der Waals surface area contributed by atoms with Crippen LogP contribution < -0.4 is 5.32 Å². The number of carbonyl (C=O) groups excluding carboxylic acids is 1. The van der Waals surface area contributed by atoms with Gasteiger partial charge in [0.1, 0.15) is 13.7 Å². The van der Waals surface area contributed by atoms with Crippen LogP contribution >= 0.6 is 11.8 Å². The van der Waals surface area contributed by atoms with Crippen LogP contribution in [-0.4, -0.2) is 33.3 Å². The van der Waals surface area contributed by atoms with E-state index in [9.17, 15) is 9.90 Å². The molecule has 4 aromatic rings. The van der Waals surface area contributed by atoms with Gasteiger partial charge in [0.05, 0.1) is 21.9 Å². The van der Waals surface area contributed by atoms with E-state index in [1.807, 2.05) is 51.7 Å². The van der Waals surface area contributed by atoms with E-state index in [-0.39, 0.29) is 43.5 Å². The van der Waals surface area contributed by atoms with Crippen LogP contribution in [0.5, 0.6) is 0 Å². The fourth-order valence-corrected chi connectivity index (χ4v) is 8.33. The van der Waals surface area contributed by atoms with Crippen molar-refractivity contribution in [3.05, 3.63) is 60.5 Å². The number of imidazole rings is 1. The molecule has 1 N–H and O–H groups in total. The number of rotatable bonds is 8. The van der Waals surface area contributed by atoms with Crippen molar-refractivity contribution in [1.82, 2.24) is 14.4 Å². The van der Waals surface area contributed by atoms with Crippen molar-refractivity contribution in [2.75, 3.05) is 0 Å². The number of nitrogens with zero attached hydrogens (tertiary/aromatic N) is 3. The number of allylic oxidation sites excluding steroid dienone is 2. The summed E-state index contributed by atoms with van der Waals surface area (Å²) in [6.45, 7) is 15.1. The Labute approximate surface area is 257 Å². The molecule has 8 heteroatoms. The van der Waals surface area contributed by atoms with Crippen LogP contribution in [0.15, 0.2) is 64.4 Å². The minimum absolute atomic E-state index is 0. The third kappa shape index (κ3) is 6.62.